The van der Waals surface area contributed by atoms with E-state index in [9.17, 15) is 9.59 Å². The number of carbonyl (C=O) groups is 2. The van der Waals surface area contributed by atoms with Crippen molar-refractivity contribution in [3.63, 3.8) is 0 Å². The highest BCUT2D eigenvalue weighted by atomic mass is 16.5. The summed E-state index contributed by atoms with van der Waals surface area (Å²) in [5.41, 5.74) is 7.55. The zero-order valence-corrected chi connectivity index (χ0v) is 14.3. The molecule has 24 heavy (non-hydrogen) atoms. The van der Waals surface area contributed by atoms with Crippen molar-refractivity contribution in [3.8, 4) is 0 Å². The summed E-state index contributed by atoms with van der Waals surface area (Å²) >= 11 is 0. The lowest BCUT2D eigenvalue weighted by atomic mass is 9.93. The third-order valence-electron chi connectivity index (χ3n) is 4.79. The van der Waals surface area contributed by atoms with Gasteiger partial charge in [-0.3, -0.25) is 14.5 Å². The number of nitrogens with two attached hydrogens (primary N) is 1. The Bertz CT molecular complexity index is 644. The topological polar surface area (TPSA) is 75.9 Å². The molecular formula is C18H25N3O3. The largest absolute Gasteiger partial charge is 0.372 e. The fraction of sp³-hybridized carbons (Fsp3) is 0.556. The maximum absolute atomic E-state index is 12.7. The Labute approximate surface area is 142 Å². The van der Waals surface area contributed by atoms with Crippen LogP contribution < -0.4 is 5.73 Å². The van der Waals surface area contributed by atoms with E-state index >= 15 is 0 Å². The van der Waals surface area contributed by atoms with Gasteiger partial charge in [0.15, 0.2) is 0 Å². The number of carbonyl (C=O) groups excluding carboxylic acids is 2. The molecule has 1 saturated heterocycles. The molecule has 0 spiro atoms. The Kier molecular flexibility index (Phi) is 4.60. The van der Waals surface area contributed by atoms with Gasteiger partial charge in [-0.05, 0) is 31.4 Å². The van der Waals surface area contributed by atoms with E-state index in [1.54, 1.807) is 0 Å². The summed E-state index contributed by atoms with van der Waals surface area (Å²) in [6.45, 7) is 6.44. The maximum Gasteiger partial charge on any atom is 0.236 e. The first-order valence-electron chi connectivity index (χ1n) is 8.37. The third kappa shape index (κ3) is 3.60. The lowest BCUT2D eigenvalue weighted by Gasteiger charge is -2.40. The van der Waals surface area contributed by atoms with Crippen LogP contribution in [0.5, 0.6) is 0 Å². The summed E-state index contributed by atoms with van der Waals surface area (Å²) in [4.78, 5) is 28.3. The molecule has 1 aromatic rings. The van der Waals surface area contributed by atoms with Gasteiger partial charge >= 0.3 is 0 Å². The summed E-state index contributed by atoms with van der Waals surface area (Å²) in [5.74, 6) is -0.350. The van der Waals surface area contributed by atoms with Gasteiger partial charge in [-0.1, -0.05) is 24.3 Å². The lowest BCUT2D eigenvalue weighted by Crippen LogP contribution is -2.56. The molecule has 0 unspecified atom stereocenters. The normalized spacial score (nSPS) is 23.6. The van der Waals surface area contributed by atoms with Crippen LogP contribution in [0.15, 0.2) is 24.3 Å². The molecule has 2 heterocycles. The van der Waals surface area contributed by atoms with Crippen molar-refractivity contribution < 1.29 is 14.3 Å². The minimum Gasteiger partial charge on any atom is -0.372 e. The van der Waals surface area contributed by atoms with Crippen molar-refractivity contribution in [2.75, 3.05) is 26.2 Å². The van der Waals surface area contributed by atoms with Gasteiger partial charge in [-0.15, -0.1) is 0 Å². The SMILES string of the molecule is CC1(C)CN(C(=O)CN2Cc3ccccc3C[C@H]2C(N)=O)CCO1. The quantitative estimate of drug-likeness (QED) is 0.877. The number of amides is 2. The zero-order valence-electron chi connectivity index (χ0n) is 14.3. The van der Waals surface area contributed by atoms with Crippen molar-refractivity contribution in [2.24, 2.45) is 5.73 Å². The number of hydrogen-bond acceptors (Lipinski definition) is 4. The van der Waals surface area contributed by atoms with Crippen molar-refractivity contribution in [3.05, 3.63) is 35.4 Å². The Hall–Kier alpha value is -1.92. The molecule has 0 bridgehead atoms. The van der Waals surface area contributed by atoms with Gasteiger partial charge in [0.2, 0.25) is 11.8 Å². The van der Waals surface area contributed by atoms with Crippen LogP contribution in [0.1, 0.15) is 25.0 Å². The van der Waals surface area contributed by atoms with E-state index in [0.29, 0.717) is 32.7 Å². The summed E-state index contributed by atoms with van der Waals surface area (Å²) in [6.07, 6.45) is 0.563. The molecule has 0 radical (unpaired) electrons. The van der Waals surface area contributed by atoms with Crippen LogP contribution in [-0.4, -0.2) is 59.5 Å². The van der Waals surface area contributed by atoms with Crippen molar-refractivity contribution in [2.45, 2.75) is 38.5 Å². The van der Waals surface area contributed by atoms with E-state index in [0.717, 1.165) is 11.1 Å². The molecule has 2 aliphatic heterocycles. The molecule has 1 fully saturated rings. The van der Waals surface area contributed by atoms with Gasteiger partial charge in [-0.25, -0.2) is 0 Å². The standard InChI is InChI=1S/C18H25N3O3/c1-18(2)12-20(7-8-24-18)16(22)11-21-10-14-6-4-3-5-13(14)9-15(21)17(19)23/h3-6,15H,7-12H2,1-2H3,(H2,19,23)/t15-/m0/s1. The lowest BCUT2D eigenvalue weighted by molar-refractivity contribution is -0.148. The summed E-state index contributed by atoms with van der Waals surface area (Å²) in [6, 6.07) is 7.58. The smallest absolute Gasteiger partial charge is 0.236 e. The van der Waals surface area contributed by atoms with Crippen LogP contribution in [-0.2, 0) is 27.3 Å². The molecule has 0 saturated carbocycles. The number of hydrogen-bond donors (Lipinski definition) is 1. The Morgan fingerprint density at radius 3 is 2.67 bits per heavy atom. The number of morpholine rings is 1. The number of fused-ring (bicyclic) bond motifs is 1. The Morgan fingerprint density at radius 2 is 2.00 bits per heavy atom. The Morgan fingerprint density at radius 1 is 1.29 bits per heavy atom. The third-order valence-corrected chi connectivity index (χ3v) is 4.79. The molecule has 2 amide bonds. The van der Waals surface area contributed by atoms with Crippen LogP contribution in [0.25, 0.3) is 0 Å². The average molecular weight is 331 g/mol. The van der Waals surface area contributed by atoms with Crippen LogP contribution in [0.2, 0.25) is 0 Å². The predicted octanol–water partition coefficient (Wildman–Crippen LogP) is 0.536. The molecule has 6 nitrogen and oxygen atoms in total. The number of nitrogens with zero attached hydrogens (tertiary/aromatic N) is 2. The molecule has 0 aliphatic carbocycles. The van der Waals surface area contributed by atoms with Gasteiger partial charge in [0.05, 0.1) is 24.8 Å². The van der Waals surface area contributed by atoms with Gasteiger partial charge in [0, 0.05) is 19.6 Å². The Balaban J connectivity index is 1.73. The van der Waals surface area contributed by atoms with Crippen LogP contribution in [0, 0.1) is 0 Å². The maximum atomic E-state index is 12.7. The van der Waals surface area contributed by atoms with Gasteiger partial charge in [0.1, 0.15) is 0 Å². The number of rotatable bonds is 3. The number of primary amides is 1. The van der Waals surface area contributed by atoms with Crippen LogP contribution >= 0.6 is 0 Å². The molecule has 0 aromatic heterocycles. The second kappa shape index (κ2) is 6.53. The van der Waals surface area contributed by atoms with Crippen molar-refractivity contribution >= 4 is 11.8 Å². The highest BCUT2D eigenvalue weighted by Crippen LogP contribution is 2.24. The second-order valence-electron chi connectivity index (χ2n) is 7.22. The van der Waals surface area contributed by atoms with Gasteiger partial charge < -0.3 is 15.4 Å². The van der Waals surface area contributed by atoms with E-state index in [2.05, 4.69) is 0 Å². The number of ether oxygens (including phenoxy) is 1. The molecule has 2 N–H and O–H groups in total. The van der Waals surface area contributed by atoms with Crippen molar-refractivity contribution in [1.82, 2.24) is 9.80 Å². The fourth-order valence-electron chi connectivity index (χ4n) is 3.53. The minimum absolute atomic E-state index is 0.0250. The van der Waals surface area contributed by atoms with E-state index in [-0.39, 0.29) is 24.0 Å². The van der Waals surface area contributed by atoms with Gasteiger partial charge in [0.25, 0.3) is 0 Å². The predicted molar refractivity (Wildman–Crippen MR) is 90.1 cm³/mol. The first kappa shape index (κ1) is 16.9. The van der Waals surface area contributed by atoms with E-state index in [1.807, 2.05) is 47.9 Å². The first-order chi connectivity index (χ1) is 11.4. The highest BCUT2D eigenvalue weighted by molar-refractivity contribution is 5.83. The van der Waals surface area contributed by atoms with E-state index in [1.165, 1.54) is 0 Å². The summed E-state index contributed by atoms with van der Waals surface area (Å²) in [5, 5.41) is 0. The van der Waals surface area contributed by atoms with Crippen molar-refractivity contribution in [1.29, 1.82) is 0 Å². The fourth-order valence-corrected chi connectivity index (χ4v) is 3.53. The molecule has 1 atom stereocenters. The minimum atomic E-state index is -0.432. The number of benzene rings is 1. The zero-order chi connectivity index (χ0) is 17.3. The van der Waals surface area contributed by atoms with Gasteiger partial charge in [-0.2, -0.15) is 0 Å². The second-order valence-corrected chi connectivity index (χ2v) is 7.22. The molecule has 3 rings (SSSR count). The monoisotopic (exact) mass is 331 g/mol. The van der Waals surface area contributed by atoms with Crippen LogP contribution in [0.4, 0.5) is 0 Å². The summed E-state index contributed by atoms with van der Waals surface area (Å²) < 4.78 is 5.66. The molecule has 6 heteroatoms. The van der Waals surface area contributed by atoms with E-state index in [4.69, 9.17) is 10.5 Å². The summed E-state index contributed by atoms with van der Waals surface area (Å²) in [7, 11) is 0. The van der Waals surface area contributed by atoms with Crippen LogP contribution in [0.3, 0.4) is 0 Å². The highest BCUT2D eigenvalue weighted by Gasteiger charge is 2.34. The molecule has 2 aliphatic rings. The van der Waals surface area contributed by atoms with E-state index < -0.39 is 6.04 Å². The average Bonchev–Trinajstić information content (AvgIpc) is 2.53. The molecule has 130 valence electrons. The first-order valence-corrected chi connectivity index (χ1v) is 8.37. The molecular weight excluding hydrogens is 306 g/mol. The molecule has 1 aromatic carbocycles.